The number of fused-ring (bicyclic) bond motifs is 1. The van der Waals surface area contributed by atoms with Gasteiger partial charge in [-0.2, -0.15) is 0 Å². The minimum Gasteiger partial charge on any atom is -0.360 e. The first-order valence-electron chi connectivity index (χ1n) is 10.1. The van der Waals surface area contributed by atoms with Crippen LogP contribution in [0.15, 0.2) is 48.8 Å². The summed E-state index contributed by atoms with van der Waals surface area (Å²) in [5, 5.41) is 3.02. The number of anilines is 1. The van der Waals surface area contributed by atoms with Crippen LogP contribution in [0, 0.1) is 5.82 Å². The van der Waals surface area contributed by atoms with Crippen molar-refractivity contribution in [2.75, 3.05) is 25.5 Å². The van der Waals surface area contributed by atoms with E-state index in [4.69, 9.17) is 4.98 Å². The maximum Gasteiger partial charge on any atom is 0.222 e. The predicted octanol–water partition coefficient (Wildman–Crippen LogP) is 4.57. The van der Waals surface area contributed by atoms with E-state index in [1.165, 1.54) is 42.7 Å². The molecule has 0 saturated carbocycles. The van der Waals surface area contributed by atoms with E-state index in [-0.39, 0.29) is 5.82 Å². The van der Waals surface area contributed by atoms with E-state index < -0.39 is 0 Å². The fourth-order valence-electron chi connectivity index (χ4n) is 4.56. The summed E-state index contributed by atoms with van der Waals surface area (Å²) in [6, 6.07) is 9.17. The lowest BCUT2D eigenvalue weighted by molar-refractivity contribution is 0.275. The van der Waals surface area contributed by atoms with Crippen LogP contribution in [0.25, 0.3) is 28.1 Å². The van der Waals surface area contributed by atoms with Gasteiger partial charge in [0.25, 0.3) is 0 Å². The monoisotopic (exact) mass is 389 g/mol. The largest absolute Gasteiger partial charge is 0.360 e. The van der Waals surface area contributed by atoms with E-state index in [1.54, 1.807) is 6.20 Å². The molecule has 2 aliphatic rings. The van der Waals surface area contributed by atoms with E-state index in [0.29, 0.717) is 12.0 Å². The second kappa shape index (κ2) is 7.44. The number of benzene rings is 1. The van der Waals surface area contributed by atoms with Crippen molar-refractivity contribution in [1.82, 2.24) is 19.9 Å². The summed E-state index contributed by atoms with van der Waals surface area (Å²) < 4.78 is 13.5. The standard InChI is InChI=1S/C23H24FN5/c1-25-23-26-10-8-20(28-23)21-19(16-9-12-29-11-2-3-18(29)13-16)14-27-22(21)15-4-6-17(24)7-5-15/h4-10,14,18,27H,2-3,11-13H2,1H3,(H,25,26,28). The van der Waals surface area contributed by atoms with E-state index in [2.05, 4.69) is 32.5 Å². The number of nitrogens with zero attached hydrogens (tertiary/aromatic N) is 3. The average molecular weight is 389 g/mol. The van der Waals surface area contributed by atoms with E-state index in [0.717, 1.165) is 35.5 Å². The zero-order chi connectivity index (χ0) is 19.8. The Morgan fingerprint density at radius 3 is 2.90 bits per heavy atom. The fourth-order valence-corrected chi connectivity index (χ4v) is 4.56. The van der Waals surface area contributed by atoms with Crippen LogP contribution in [0.5, 0.6) is 0 Å². The fraction of sp³-hybridized carbons (Fsp3) is 0.304. The molecule has 4 heterocycles. The summed E-state index contributed by atoms with van der Waals surface area (Å²) in [7, 11) is 1.82. The number of aromatic nitrogens is 3. The lowest BCUT2D eigenvalue weighted by Gasteiger charge is -2.29. The number of rotatable bonds is 4. The number of hydrogen-bond acceptors (Lipinski definition) is 4. The van der Waals surface area contributed by atoms with Crippen molar-refractivity contribution in [3.63, 3.8) is 0 Å². The van der Waals surface area contributed by atoms with E-state index >= 15 is 0 Å². The number of hydrogen-bond donors (Lipinski definition) is 2. The molecule has 1 saturated heterocycles. The Balaban J connectivity index is 1.64. The molecule has 5 rings (SSSR count). The molecule has 29 heavy (non-hydrogen) atoms. The Morgan fingerprint density at radius 2 is 2.07 bits per heavy atom. The van der Waals surface area contributed by atoms with Crippen LogP contribution in [0.2, 0.25) is 0 Å². The first kappa shape index (κ1) is 18.1. The van der Waals surface area contributed by atoms with Crippen LogP contribution >= 0.6 is 0 Å². The van der Waals surface area contributed by atoms with Gasteiger partial charge in [0.15, 0.2) is 0 Å². The lowest BCUT2D eigenvalue weighted by Crippen LogP contribution is -2.32. The Kier molecular flexibility index (Phi) is 4.64. The molecule has 1 unspecified atom stereocenters. The summed E-state index contributed by atoms with van der Waals surface area (Å²) in [5.41, 5.74) is 6.34. The van der Waals surface area contributed by atoms with E-state index in [9.17, 15) is 4.39 Å². The quantitative estimate of drug-likeness (QED) is 0.686. The van der Waals surface area contributed by atoms with Crippen LogP contribution in [0.1, 0.15) is 24.8 Å². The van der Waals surface area contributed by atoms with Crippen molar-refractivity contribution < 1.29 is 4.39 Å². The molecular weight excluding hydrogens is 365 g/mol. The molecule has 1 aromatic carbocycles. The third-order valence-electron chi connectivity index (χ3n) is 6.02. The molecule has 0 bridgehead atoms. The van der Waals surface area contributed by atoms with Gasteiger partial charge < -0.3 is 10.3 Å². The highest BCUT2D eigenvalue weighted by molar-refractivity contribution is 5.90. The van der Waals surface area contributed by atoms with Gasteiger partial charge in [-0.25, -0.2) is 14.4 Å². The maximum absolute atomic E-state index is 13.5. The van der Waals surface area contributed by atoms with Crippen molar-refractivity contribution in [2.45, 2.75) is 25.3 Å². The molecule has 2 aliphatic heterocycles. The zero-order valence-electron chi connectivity index (χ0n) is 16.5. The molecule has 0 radical (unpaired) electrons. The molecule has 0 amide bonds. The van der Waals surface area contributed by atoms with Crippen LogP contribution in [-0.2, 0) is 0 Å². The van der Waals surface area contributed by atoms with Crippen LogP contribution in [0.3, 0.4) is 0 Å². The summed E-state index contributed by atoms with van der Waals surface area (Å²) >= 11 is 0. The predicted molar refractivity (Wildman–Crippen MR) is 114 cm³/mol. The van der Waals surface area contributed by atoms with Gasteiger partial charge in [-0.3, -0.25) is 4.90 Å². The zero-order valence-corrected chi connectivity index (χ0v) is 16.5. The molecule has 1 atom stereocenters. The Hall–Kier alpha value is -2.99. The summed E-state index contributed by atoms with van der Waals surface area (Å²) in [6.45, 7) is 2.20. The van der Waals surface area contributed by atoms with Gasteiger partial charge in [-0.1, -0.05) is 6.08 Å². The smallest absolute Gasteiger partial charge is 0.222 e. The second-order valence-corrected chi connectivity index (χ2v) is 7.70. The van der Waals surface area contributed by atoms with Crippen molar-refractivity contribution in [3.8, 4) is 22.5 Å². The van der Waals surface area contributed by atoms with Gasteiger partial charge >= 0.3 is 0 Å². The average Bonchev–Trinajstić information content (AvgIpc) is 3.41. The van der Waals surface area contributed by atoms with Crippen molar-refractivity contribution >= 4 is 11.5 Å². The van der Waals surface area contributed by atoms with E-state index in [1.807, 2.05) is 25.2 Å². The van der Waals surface area contributed by atoms with Gasteiger partial charge in [-0.15, -0.1) is 0 Å². The first-order chi connectivity index (χ1) is 14.2. The molecular formula is C23H24FN5. The molecule has 3 aromatic rings. The molecule has 0 aliphatic carbocycles. The summed E-state index contributed by atoms with van der Waals surface area (Å²) in [6.07, 6.45) is 9.79. The number of H-pyrrole nitrogens is 1. The molecule has 6 heteroatoms. The number of halogens is 1. The highest BCUT2D eigenvalue weighted by Gasteiger charge is 2.30. The highest BCUT2D eigenvalue weighted by atomic mass is 19.1. The number of nitrogens with one attached hydrogen (secondary N) is 2. The van der Waals surface area contributed by atoms with Crippen molar-refractivity contribution in [3.05, 3.63) is 60.2 Å². The highest BCUT2D eigenvalue weighted by Crippen LogP contribution is 2.41. The Morgan fingerprint density at radius 1 is 1.21 bits per heavy atom. The van der Waals surface area contributed by atoms with Crippen LogP contribution in [-0.4, -0.2) is 46.0 Å². The van der Waals surface area contributed by atoms with Crippen LogP contribution in [0.4, 0.5) is 10.3 Å². The van der Waals surface area contributed by atoms with Crippen molar-refractivity contribution in [1.29, 1.82) is 0 Å². The Bertz CT molecular complexity index is 1050. The molecule has 2 aromatic heterocycles. The molecule has 2 N–H and O–H groups in total. The van der Waals surface area contributed by atoms with Crippen LogP contribution < -0.4 is 5.32 Å². The minimum absolute atomic E-state index is 0.238. The van der Waals surface area contributed by atoms with Gasteiger partial charge in [0, 0.05) is 43.2 Å². The first-order valence-corrected chi connectivity index (χ1v) is 10.1. The second-order valence-electron chi connectivity index (χ2n) is 7.70. The molecule has 5 nitrogen and oxygen atoms in total. The number of aromatic amines is 1. The SMILES string of the molecule is CNc1nccc(-c2c(C3=CCN4CCCC4C3)c[nH]c2-c2ccc(F)cc2)n1. The normalized spacial score (nSPS) is 19.1. The molecule has 1 fully saturated rings. The molecule has 0 spiro atoms. The third-order valence-corrected chi connectivity index (χ3v) is 6.02. The maximum atomic E-state index is 13.5. The van der Waals surface area contributed by atoms with Gasteiger partial charge in [-0.05, 0) is 67.3 Å². The summed E-state index contributed by atoms with van der Waals surface area (Å²) in [5.74, 6) is 0.345. The third kappa shape index (κ3) is 3.34. The van der Waals surface area contributed by atoms with Gasteiger partial charge in [0.05, 0.1) is 11.4 Å². The van der Waals surface area contributed by atoms with Gasteiger partial charge in [0.2, 0.25) is 5.95 Å². The lowest BCUT2D eigenvalue weighted by atomic mass is 9.91. The molecule has 148 valence electrons. The van der Waals surface area contributed by atoms with Gasteiger partial charge in [0.1, 0.15) is 5.82 Å². The Labute approximate surface area is 169 Å². The van der Waals surface area contributed by atoms with Crippen molar-refractivity contribution in [2.24, 2.45) is 0 Å². The topological polar surface area (TPSA) is 56.8 Å². The summed E-state index contributed by atoms with van der Waals surface area (Å²) in [4.78, 5) is 15.0. The minimum atomic E-state index is -0.238.